The molecule has 3 heterocycles. The van der Waals surface area contributed by atoms with E-state index in [0.29, 0.717) is 46.2 Å². The van der Waals surface area contributed by atoms with Crippen molar-refractivity contribution >= 4 is 16.9 Å². The fraction of sp³-hybridized carbons (Fsp3) is 0.179. The summed E-state index contributed by atoms with van der Waals surface area (Å²) in [7, 11) is 3.25. The van der Waals surface area contributed by atoms with Gasteiger partial charge in [-0.1, -0.05) is 18.2 Å². The SMILES string of the molecule is COc1ccc(CNc2nc(-c3cccc(C#N)c3)cc3nn(C(C)c4ccccn4)nc23)c(OC)c1. The number of pyridine rings is 2. The van der Waals surface area contributed by atoms with E-state index in [1.165, 1.54) is 0 Å². The fourth-order valence-electron chi connectivity index (χ4n) is 4.05. The summed E-state index contributed by atoms with van der Waals surface area (Å²) in [6, 6.07) is 22.7. The van der Waals surface area contributed by atoms with Crippen LogP contribution in [0.5, 0.6) is 11.5 Å². The molecule has 9 nitrogen and oxygen atoms in total. The van der Waals surface area contributed by atoms with E-state index >= 15 is 0 Å². The highest BCUT2D eigenvalue weighted by Crippen LogP contribution is 2.30. The average Bonchev–Trinajstić information content (AvgIpc) is 3.40. The van der Waals surface area contributed by atoms with Crippen LogP contribution in [0.25, 0.3) is 22.3 Å². The maximum atomic E-state index is 9.37. The molecular weight excluding hydrogens is 466 g/mol. The van der Waals surface area contributed by atoms with Gasteiger partial charge in [-0.05, 0) is 49.4 Å². The Morgan fingerprint density at radius 3 is 2.65 bits per heavy atom. The summed E-state index contributed by atoms with van der Waals surface area (Å²) in [6.45, 7) is 2.45. The minimum absolute atomic E-state index is 0.173. The van der Waals surface area contributed by atoms with Crippen LogP contribution in [0, 0.1) is 11.3 Å². The highest BCUT2D eigenvalue weighted by molar-refractivity contribution is 5.88. The molecule has 37 heavy (non-hydrogen) atoms. The number of hydrogen-bond donors (Lipinski definition) is 1. The number of methoxy groups -OCH3 is 2. The van der Waals surface area contributed by atoms with E-state index in [-0.39, 0.29) is 6.04 Å². The van der Waals surface area contributed by atoms with Crippen molar-refractivity contribution < 1.29 is 9.47 Å². The number of nitriles is 1. The Hall–Kier alpha value is -4.97. The second kappa shape index (κ2) is 10.3. The van der Waals surface area contributed by atoms with Crippen LogP contribution in [0.1, 0.15) is 29.8 Å². The van der Waals surface area contributed by atoms with Gasteiger partial charge in [0.25, 0.3) is 0 Å². The predicted octanol–water partition coefficient (Wildman–Crippen LogP) is 5.00. The van der Waals surface area contributed by atoms with Gasteiger partial charge in [0.15, 0.2) is 11.3 Å². The fourth-order valence-corrected chi connectivity index (χ4v) is 4.05. The summed E-state index contributed by atoms with van der Waals surface area (Å²) in [5.41, 5.74) is 5.17. The van der Waals surface area contributed by atoms with Crippen LogP contribution >= 0.6 is 0 Å². The maximum Gasteiger partial charge on any atom is 0.157 e. The van der Waals surface area contributed by atoms with E-state index in [2.05, 4.69) is 16.4 Å². The lowest BCUT2D eigenvalue weighted by Crippen LogP contribution is -2.11. The Bertz CT molecular complexity index is 1590. The Balaban J connectivity index is 1.57. The van der Waals surface area contributed by atoms with Gasteiger partial charge < -0.3 is 14.8 Å². The zero-order valence-electron chi connectivity index (χ0n) is 20.7. The Morgan fingerprint density at radius 2 is 1.89 bits per heavy atom. The number of nitrogens with zero attached hydrogens (tertiary/aromatic N) is 6. The molecule has 5 rings (SSSR count). The first-order chi connectivity index (χ1) is 18.1. The van der Waals surface area contributed by atoms with Crippen molar-refractivity contribution in [3.05, 3.63) is 89.7 Å². The first kappa shape index (κ1) is 23.8. The number of hydrogen-bond acceptors (Lipinski definition) is 8. The summed E-state index contributed by atoms with van der Waals surface area (Å²) in [6.07, 6.45) is 1.76. The molecular formula is C28H25N7O2. The molecule has 0 fully saturated rings. The van der Waals surface area contributed by atoms with Gasteiger partial charge in [0.1, 0.15) is 23.1 Å². The lowest BCUT2D eigenvalue weighted by Gasteiger charge is -2.12. The van der Waals surface area contributed by atoms with Gasteiger partial charge in [-0.2, -0.15) is 15.2 Å². The quantitative estimate of drug-likeness (QED) is 0.323. The van der Waals surface area contributed by atoms with E-state index in [1.807, 2.05) is 67.6 Å². The lowest BCUT2D eigenvalue weighted by molar-refractivity contribution is 0.391. The van der Waals surface area contributed by atoms with Gasteiger partial charge in [0, 0.05) is 29.9 Å². The molecule has 0 saturated heterocycles. The molecule has 9 heteroatoms. The van der Waals surface area contributed by atoms with Crippen molar-refractivity contribution in [1.29, 1.82) is 5.26 Å². The second-order valence-electron chi connectivity index (χ2n) is 8.40. The normalized spacial score (nSPS) is 11.6. The van der Waals surface area contributed by atoms with Crippen molar-refractivity contribution in [3.63, 3.8) is 0 Å². The molecule has 0 bridgehead atoms. The smallest absolute Gasteiger partial charge is 0.157 e. The molecule has 0 aliphatic carbocycles. The van der Waals surface area contributed by atoms with E-state index < -0.39 is 0 Å². The number of anilines is 1. The number of rotatable bonds is 8. The Labute approximate surface area is 214 Å². The summed E-state index contributed by atoms with van der Waals surface area (Å²) < 4.78 is 10.9. The van der Waals surface area contributed by atoms with Gasteiger partial charge in [-0.3, -0.25) is 4.98 Å². The third kappa shape index (κ3) is 4.90. The van der Waals surface area contributed by atoms with Crippen LogP contribution in [0.3, 0.4) is 0 Å². The van der Waals surface area contributed by atoms with Crippen LogP contribution in [0.4, 0.5) is 5.82 Å². The third-order valence-corrected chi connectivity index (χ3v) is 6.08. The van der Waals surface area contributed by atoms with E-state index in [0.717, 1.165) is 16.8 Å². The monoisotopic (exact) mass is 491 g/mol. The molecule has 2 aromatic carbocycles. The molecule has 3 aromatic heterocycles. The molecule has 0 aliphatic rings. The van der Waals surface area contributed by atoms with Gasteiger partial charge in [-0.25, -0.2) is 4.98 Å². The van der Waals surface area contributed by atoms with Crippen molar-refractivity contribution in [1.82, 2.24) is 25.0 Å². The highest BCUT2D eigenvalue weighted by Gasteiger charge is 2.18. The van der Waals surface area contributed by atoms with E-state index in [4.69, 9.17) is 24.7 Å². The molecule has 0 amide bonds. The predicted molar refractivity (Wildman–Crippen MR) is 140 cm³/mol. The zero-order chi connectivity index (χ0) is 25.8. The van der Waals surface area contributed by atoms with Crippen molar-refractivity contribution in [3.8, 4) is 28.8 Å². The topological polar surface area (TPSA) is 111 Å². The summed E-state index contributed by atoms with van der Waals surface area (Å²) in [5, 5.41) is 22.3. The van der Waals surface area contributed by atoms with Crippen molar-refractivity contribution in [2.75, 3.05) is 19.5 Å². The second-order valence-corrected chi connectivity index (χ2v) is 8.40. The summed E-state index contributed by atoms with van der Waals surface area (Å²) >= 11 is 0. The molecule has 0 spiro atoms. The first-order valence-corrected chi connectivity index (χ1v) is 11.7. The average molecular weight is 492 g/mol. The number of fused-ring (bicyclic) bond motifs is 1. The van der Waals surface area contributed by atoms with Crippen LogP contribution in [0.2, 0.25) is 0 Å². The molecule has 1 unspecified atom stereocenters. The first-order valence-electron chi connectivity index (χ1n) is 11.7. The number of aromatic nitrogens is 5. The summed E-state index contributed by atoms with van der Waals surface area (Å²) in [5.74, 6) is 1.99. The molecule has 1 N–H and O–H groups in total. The molecule has 1 atom stereocenters. The number of ether oxygens (including phenoxy) is 2. The van der Waals surface area contributed by atoms with E-state index in [9.17, 15) is 5.26 Å². The maximum absolute atomic E-state index is 9.37. The van der Waals surface area contributed by atoms with Crippen LogP contribution in [-0.2, 0) is 6.54 Å². The molecule has 0 aliphatic heterocycles. The Kier molecular flexibility index (Phi) is 6.64. The standard InChI is InChI=1S/C28H25N7O2/c1-18(23-9-4-5-12-30-23)35-33-25-15-24(20-8-6-7-19(13-20)16-29)32-28(27(25)34-35)31-17-21-10-11-22(36-2)14-26(21)37-3/h4-15,18H,17H2,1-3H3,(H,31,32). The lowest BCUT2D eigenvalue weighted by atomic mass is 10.1. The molecule has 0 radical (unpaired) electrons. The van der Waals surface area contributed by atoms with Crippen molar-refractivity contribution in [2.24, 2.45) is 0 Å². The van der Waals surface area contributed by atoms with E-state index in [1.54, 1.807) is 31.3 Å². The zero-order valence-corrected chi connectivity index (χ0v) is 20.7. The number of benzene rings is 2. The largest absolute Gasteiger partial charge is 0.497 e. The Morgan fingerprint density at radius 1 is 1.00 bits per heavy atom. The number of nitrogens with one attached hydrogen (secondary N) is 1. The van der Waals surface area contributed by atoms with Gasteiger partial charge in [-0.15, -0.1) is 5.10 Å². The minimum atomic E-state index is -0.173. The molecule has 5 aromatic rings. The van der Waals surface area contributed by atoms with Gasteiger partial charge in [0.05, 0.1) is 37.2 Å². The van der Waals surface area contributed by atoms with Crippen LogP contribution < -0.4 is 14.8 Å². The van der Waals surface area contributed by atoms with Gasteiger partial charge in [0.2, 0.25) is 0 Å². The van der Waals surface area contributed by atoms with Crippen LogP contribution in [0.15, 0.2) is 72.9 Å². The molecule has 184 valence electrons. The highest BCUT2D eigenvalue weighted by atomic mass is 16.5. The minimum Gasteiger partial charge on any atom is -0.497 e. The van der Waals surface area contributed by atoms with Crippen LogP contribution in [-0.4, -0.2) is 39.2 Å². The summed E-state index contributed by atoms with van der Waals surface area (Å²) in [4.78, 5) is 11.0. The van der Waals surface area contributed by atoms with Gasteiger partial charge >= 0.3 is 0 Å². The van der Waals surface area contributed by atoms with Crippen molar-refractivity contribution in [2.45, 2.75) is 19.5 Å². The molecule has 0 saturated carbocycles. The third-order valence-electron chi connectivity index (χ3n) is 6.08.